The molecule has 0 unspecified atom stereocenters. The molecule has 2 aromatic carbocycles. The Bertz CT molecular complexity index is 493. The van der Waals surface area contributed by atoms with Crippen molar-refractivity contribution in [3.05, 3.63) is 54.1 Å². The van der Waals surface area contributed by atoms with E-state index < -0.39 is 0 Å². The van der Waals surface area contributed by atoms with Gasteiger partial charge in [0.05, 0.1) is 13.3 Å². The molecule has 0 aliphatic heterocycles. The molecule has 0 radical (unpaired) electrons. The summed E-state index contributed by atoms with van der Waals surface area (Å²) in [5.74, 6) is 0.774. The van der Waals surface area contributed by atoms with E-state index in [0.717, 1.165) is 22.4 Å². The highest BCUT2D eigenvalue weighted by Crippen LogP contribution is 2.22. The Morgan fingerprint density at radius 1 is 0.895 bits per heavy atom. The molecule has 2 aromatic rings. The van der Waals surface area contributed by atoms with E-state index >= 15 is 0 Å². The van der Waals surface area contributed by atoms with Crippen molar-refractivity contribution < 1.29 is 9.13 Å². The maximum Gasteiger partial charge on any atom is 0.119 e. The van der Waals surface area contributed by atoms with E-state index in [2.05, 4.69) is 12.1 Å². The van der Waals surface area contributed by atoms with Gasteiger partial charge in [-0.2, -0.15) is 0 Å². The summed E-state index contributed by atoms with van der Waals surface area (Å²) in [7, 11) is 0. The van der Waals surface area contributed by atoms with Gasteiger partial charge in [0, 0.05) is 13.0 Å². The standard InChI is InChI=1S/C16H18FNO/c17-10-1-11-19-16-8-6-15(7-9-16)14-4-2-13(12-18)3-5-14/h2-9H,1,10-12,18H2. The van der Waals surface area contributed by atoms with Crippen LogP contribution < -0.4 is 10.5 Å². The lowest BCUT2D eigenvalue weighted by Crippen LogP contribution is -1.97. The highest BCUT2D eigenvalue weighted by atomic mass is 19.1. The SMILES string of the molecule is NCc1ccc(-c2ccc(OCCCF)cc2)cc1. The van der Waals surface area contributed by atoms with E-state index in [9.17, 15) is 4.39 Å². The van der Waals surface area contributed by atoms with Gasteiger partial charge in [-0.3, -0.25) is 4.39 Å². The van der Waals surface area contributed by atoms with Crippen LogP contribution in [-0.4, -0.2) is 13.3 Å². The van der Waals surface area contributed by atoms with Crippen molar-refractivity contribution in [3.8, 4) is 16.9 Å². The van der Waals surface area contributed by atoms with Gasteiger partial charge in [0.1, 0.15) is 5.75 Å². The number of nitrogens with two attached hydrogens (primary N) is 1. The first-order valence-electron chi connectivity index (χ1n) is 6.41. The second kappa shape index (κ2) is 6.90. The van der Waals surface area contributed by atoms with Crippen LogP contribution in [0.2, 0.25) is 0 Å². The predicted octanol–water partition coefficient (Wildman–Crippen LogP) is 3.55. The number of hydrogen-bond donors (Lipinski definition) is 1. The Morgan fingerprint density at radius 2 is 1.47 bits per heavy atom. The van der Waals surface area contributed by atoms with Crippen LogP contribution in [0.3, 0.4) is 0 Å². The van der Waals surface area contributed by atoms with Crippen LogP contribution in [0.5, 0.6) is 5.75 Å². The van der Waals surface area contributed by atoms with Crippen LogP contribution in [0.4, 0.5) is 4.39 Å². The van der Waals surface area contributed by atoms with E-state index in [0.29, 0.717) is 19.6 Å². The number of hydrogen-bond acceptors (Lipinski definition) is 2. The Hall–Kier alpha value is -1.87. The summed E-state index contributed by atoms with van der Waals surface area (Å²) in [4.78, 5) is 0. The molecule has 0 aliphatic carbocycles. The topological polar surface area (TPSA) is 35.2 Å². The van der Waals surface area contributed by atoms with Crippen molar-refractivity contribution in [2.24, 2.45) is 5.73 Å². The van der Waals surface area contributed by atoms with Gasteiger partial charge in [-0.15, -0.1) is 0 Å². The molecule has 3 heteroatoms. The lowest BCUT2D eigenvalue weighted by molar-refractivity contribution is 0.289. The van der Waals surface area contributed by atoms with E-state index in [1.54, 1.807) is 0 Å². The maximum atomic E-state index is 12.0. The number of alkyl halides is 1. The predicted molar refractivity (Wildman–Crippen MR) is 75.9 cm³/mol. The number of halogens is 1. The van der Waals surface area contributed by atoms with Gasteiger partial charge in [0.25, 0.3) is 0 Å². The Labute approximate surface area is 113 Å². The molecule has 0 fully saturated rings. The number of rotatable bonds is 6. The normalized spacial score (nSPS) is 10.4. The van der Waals surface area contributed by atoms with E-state index in [-0.39, 0.29) is 6.67 Å². The molecule has 100 valence electrons. The molecule has 0 bridgehead atoms. The molecule has 0 saturated heterocycles. The van der Waals surface area contributed by atoms with E-state index in [1.165, 1.54) is 0 Å². The van der Waals surface area contributed by atoms with Gasteiger partial charge in [0.2, 0.25) is 0 Å². The third-order valence-corrected chi connectivity index (χ3v) is 2.92. The summed E-state index contributed by atoms with van der Waals surface area (Å²) in [5, 5.41) is 0. The largest absolute Gasteiger partial charge is 0.493 e. The lowest BCUT2D eigenvalue weighted by Gasteiger charge is -2.07. The molecule has 2 nitrogen and oxygen atoms in total. The minimum Gasteiger partial charge on any atom is -0.493 e. The van der Waals surface area contributed by atoms with Gasteiger partial charge < -0.3 is 10.5 Å². The van der Waals surface area contributed by atoms with Crippen molar-refractivity contribution in [1.29, 1.82) is 0 Å². The molecule has 0 aromatic heterocycles. The van der Waals surface area contributed by atoms with Crippen LogP contribution in [0, 0.1) is 0 Å². The Kier molecular flexibility index (Phi) is 4.93. The summed E-state index contributed by atoms with van der Waals surface area (Å²) in [6.45, 7) is 0.633. The number of ether oxygens (including phenoxy) is 1. The molecule has 2 rings (SSSR count). The van der Waals surface area contributed by atoms with Crippen LogP contribution in [0.1, 0.15) is 12.0 Å². The van der Waals surface area contributed by atoms with Gasteiger partial charge >= 0.3 is 0 Å². The molecule has 0 aliphatic rings. The Balaban J connectivity index is 2.04. The molecule has 19 heavy (non-hydrogen) atoms. The maximum absolute atomic E-state index is 12.0. The quantitative estimate of drug-likeness (QED) is 0.805. The zero-order chi connectivity index (χ0) is 13.5. The summed E-state index contributed by atoms with van der Waals surface area (Å²) >= 11 is 0. The van der Waals surface area contributed by atoms with Crippen molar-refractivity contribution in [2.75, 3.05) is 13.3 Å². The third kappa shape index (κ3) is 3.80. The summed E-state index contributed by atoms with van der Waals surface area (Å²) in [5.41, 5.74) is 8.97. The van der Waals surface area contributed by atoms with Crippen molar-refractivity contribution >= 4 is 0 Å². The van der Waals surface area contributed by atoms with Crippen molar-refractivity contribution in [1.82, 2.24) is 0 Å². The van der Waals surface area contributed by atoms with Gasteiger partial charge in [-0.1, -0.05) is 36.4 Å². The van der Waals surface area contributed by atoms with Crippen LogP contribution in [0.15, 0.2) is 48.5 Å². The average Bonchev–Trinajstić information content (AvgIpc) is 2.48. The van der Waals surface area contributed by atoms with E-state index in [4.69, 9.17) is 10.5 Å². The fourth-order valence-electron chi connectivity index (χ4n) is 1.82. The second-order valence-corrected chi connectivity index (χ2v) is 4.32. The first kappa shape index (κ1) is 13.6. The average molecular weight is 259 g/mol. The van der Waals surface area contributed by atoms with Crippen LogP contribution in [-0.2, 0) is 6.54 Å². The van der Waals surface area contributed by atoms with Crippen molar-refractivity contribution in [3.63, 3.8) is 0 Å². The second-order valence-electron chi connectivity index (χ2n) is 4.32. The molecule has 0 amide bonds. The van der Waals surface area contributed by atoms with Crippen molar-refractivity contribution in [2.45, 2.75) is 13.0 Å². The minimum atomic E-state index is -0.342. The van der Waals surface area contributed by atoms with E-state index in [1.807, 2.05) is 36.4 Å². The van der Waals surface area contributed by atoms with Crippen LogP contribution >= 0.6 is 0 Å². The first-order chi connectivity index (χ1) is 9.33. The summed E-state index contributed by atoms with van der Waals surface area (Å²) < 4.78 is 17.4. The first-order valence-corrected chi connectivity index (χ1v) is 6.41. The number of benzene rings is 2. The molecule has 2 N–H and O–H groups in total. The third-order valence-electron chi connectivity index (χ3n) is 2.92. The smallest absolute Gasteiger partial charge is 0.119 e. The lowest BCUT2D eigenvalue weighted by atomic mass is 10.0. The zero-order valence-corrected chi connectivity index (χ0v) is 10.8. The molecule has 0 saturated carbocycles. The zero-order valence-electron chi connectivity index (χ0n) is 10.8. The Morgan fingerprint density at radius 3 is 2.00 bits per heavy atom. The monoisotopic (exact) mass is 259 g/mol. The fourth-order valence-corrected chi connectivity index (χ4v) is 1.82. The summed E-state index contributed by atoms with van der Waals surface area (Å²) in [6, 6.07) is 16.0. The highest BCUT2D eigenvalue weighted by molar-refractivity contribution is 5.64. The van der Waals surface area contributed by atoms with Gasteiger partial charge in [-0.05, 0) is 28.8 Å². The van der Waals surface area contributed by atoms with Crippen LogP contribution in [0.25, 0.3) is 11.1 Å². The van der Waals surface area contributed by atoms with Gasteiger partial charge in [-0.25, -0.2) is 0 Å². The molecular weight excluding hydrogens is 241 g/mol. The molecule has 0 heterocycles. The fraction of sp³-hybridized carbons (Fsp3) is 0.250. The minimum absolute atomic E-state index is 0.342. The molecular formula is C16H18FNO. The molecule has 0 spiro atoms. The highest BCUT2D eigenvalue weighted by Gasteiger charge is 1.99. The molecule has 0 atom stereocenters. The van der Waals surface area contributed by atoms with Gasteiger partial charge in [0.15, 0.2) is 0 Å². The summed E-state index contributed by atoms with van der Waals surface area (Å²) in [6.07, 6.45) is 0.433.